The summed E-state index contributed by atoms with van der Waals surface area (Å²) in [6, 6.07) is 6.58. The minimum Gasteiger partial charge on any atom is -0.375 e. The van der Waals surface area contributed by atoms with Crippen LogP contribution < -0.4 is 10.6 Å². The normalized spacial score (nSPS) is 14.8. The van der Waals surface area contributed by atoms with Crippen molar-refractivity contribution in [2.45, 2.75) is 12.8 Å². The van der Waals surface area contributed by atoms with Crippen molar-refractivity contribution < 1.29 is 0 Å². The summed E-state index contributed by atoms with van der Waals surface area (Å²) < 4.78 is 0. The zero-order valence-electron chi connectivity index (χ0n) is 9.81. The maximum Gasteiger partial charge on any atom is 0.180 e. The monoisotopic (exact) mass is 245 g/mol. The Morgan fingerprint density at radius 1 is 1.41 bits per heavy atom. The Kier molecular flexibility index (Phi) is 2.52. The molecule has 1 aromatic heterocycles. The SMILES string of the molecule is CN1CCCc2cc(-c3csc(N)n3)ccc21. The first-order valence-corrected chi connectivity index (χ1v) is 6.67. The lowest BCUT2D eigenvalue weighted by Crippen LogP contribution is -2.24. The van der Waals surface area contributed by atoms with E-state index in [0.717, 1.165) is 18.7 Å². The third kappa shape index (κ3) is 1.89. The number of hydrogen-bond acceptors (Lipinski definition) is 4. The standard InChI is InChI=1S/C13H15N3S/c1-16-6-2-3-10-7-9(4-5-12(10)16)11-8-17-13(14)15-11/h4-5,7-8H,2-3,6H2,1H3,(H2,14,15). The number of nitrogens with zero attached hydrogens (tertiary/aromatic N) is 2. The third-order valence-corrected chi connectivity index (χ3v) is 3.92. The van der Waals surface area contributed by atoms with Crippen LogP contribution in [0.5, 0.6) is 0 Å². The van der Waals surface area contributed by atoms with Gasteiger partial charge in [0.25, 0.3) is 0 Å². The van der Waals surface area contributed by atoms with Gasteiger partial charge in [-0.1, -0.05) is 6.07 Å². The molecule has 1 aliphatic heterocycles. The van der Waals surface area contributed by atoms with Crippen molar-refractivity contribution in [1.82, 2.24) is 4.98 Å². The van der Waals surface area contributed by atoms with Crippen molar-refractivity contribution in [1.29, 1.82) is 0 Å². The molecular formula is C13H15N3S. The van der Waals surface area contributed by atoms with E-state index < -0.39 is 0 Å². The molecule has 0 atom stereocenters. The van der Waals surface area contributed by atoms with Gasteiger partial charge in [0.05, 0.1) is 5.69 Å². The van der Waals surface area contributed by atoms with Gasteiger partial charge in [0.1, 0.15) is 0 Å². The molecule has 2 N–H and O–H groups in total. The number of hydrogen-bond donors (Lipinski definition) is 1. The first kappa shape index (κ1) is 10.6. The van der Waals surface area contributed by atoms with Crippen molar-refractivity contribution in [3.63, 3.8) is 0 Å². The average Bonchev–Trinajstić information content (AvgIpc) is 2.76. The van der Waals surface area contributed by atoms with Gasteiger partial charge in [-0.2, -0.15) is 0 Å². The molecule has 0 saturated carbocycles. The molecular weight excluding hydrogens is 230 g/mol. The maximum absolute atomic E-state index is 5.67. The van der Waals surface area contributed by atoms with E-state index in [4.69, 9.17) is 5.73 Å². The molecule has 0 unspecified atom stereocenters. The predicted molar refractivity (Wildman–Crippen MR) is 73.6 cm³/mol. The summed E-state index contributed by atoms with van der Waals surface area (Å²) in [6.07, 6.45) is 2.39. The van der Waals surface area contributed by atoms with E-state index >= 15 is 0 Å². The van der Waals surface area contributed by atoms with E-state index in [2.05, 4.69) is 35.1 Å². The largest absolute Gasteiger partial charge is 0.375 e. The predicted octanol–water partition coefficient (Wildman–Crippen LogP) is 2.77. The van der Waals surface area contributed by atoms with Gasteiger partial charge in [-0.25, -0.2) is 4.98 Å². The highest BCUT2D eigenvalue weighted by atomic mass is 32.1. The van der Waals surface area contributed by atoms with E-state index in [1.54, 1.807) is 0 Å². The summed E-state index contributed by atoms with van der Waals surface area (Å²) in [4.78, 5) is 6.65. The van der Waals surface area contributed by atoms with Crippen molar-refractivity contribution in [2.24, 2.45) is 0 Å². The summed E-state index contributed by atoms with van der Waals surface area (Å²) in [6.45, 7) is 1.15. The Morgan fingerprint density at radius 2 is 2.29 bits per heavy atom. The van der Waals surface area contributed by atoms with Gasteiger partial charge >= 0.3 is 0 Å². The smallest absolute Gasteiger partial charge is 0.180 e. The highest BCUT2D eigenvalue weighted by Gasteiger charge is 2.14. The maximum atomic E-state index is 5.67. The molecule has 88 valence electrons. The molecule has 17 heavy (non-hydrogen) atoms. The second-order valence-corrected chi connectivity index (χ2v) is 5.33. The molecule has 0 bridgehead atoms. The number of nitrogen functional groups attached to an aromatic ring is 1. The molecule has 0 radical (unpaired) electrons. The van der Waals surface area contributed by atoms with Gasteiger partial charge in [0.2, 0.25) is 0 Å². The van der Waals surface area contributed by atoms with Crippen molar-refractivity contribution >= 4 is 22.2 Å². The zero-order valence-corrected chi connectivity index (χ0v) is 10.6. The van der Waals surface area contributed by atoms with Crippen LogP contribution in [0, 0.1) is 0 Å². The van der Waals surface area contributed by atoms with Gasteiger partial charge in [-0.3, -0.25) is 0 Å². The number of rotatable bonds is 1. The molecule has 2 heterocycles. The Labute approximate surface area is 105 Å². The Hall–Kier alpha value is -1.55. The number of thiazole rings is 1. The Bertz CT molecular complexity index is 547. The molecule has 1 aromatic carbocycles. The quantitative estimate of drug-likeness (QED) is 0.840. The minimum atomic E-state index is 0.634. The number of benzene rings is 1. The van der Waals surface area contributed by atoms with Crippen LogP contribution in [0.1, 0.15) is 12.0 Å². The number of fused-ring (bicyclic) bond motifs is 1. The lowest BCUT2D eigenvalue weighted by atomic mass is 9.99. The lowest BCUT2D eigenvalue weighted by Gasteiger charge is -2.27. The van der Waals surface area contributed by atoms with E-state index in [1.165, 1.54) is 34.6 Å². The highest BCUT2D eigenvalue weighted by Crippen LogP contribution is 2.31. The van der Waals surface area contributed by atoms with Gasteiger partial charge in [-0.05, 0) is 30.5 Å². The van der Waals surface area contributed by atoms with Crippen LogP contribution in [0.25, 0.3) is 11.3 Å². The second-order valence-electron chi connectivity index (χ2n) is 4.44. The topological polar surface area (TPSA) is 42.1 Å². The van der Waals surface area contributed by atoms with Crippen LogP contribution in [0.15, 0.2) is 23.6 Å². The summed E-state index contributed by atoms with van der Waals surface area (Å²) in [7, 11) is 2.15. The van der Waals surface area contributed by atoms with Crippen molar-refractivity contribution in [3.05, 3.63) is 29.1 Å². The Morgan fingerprint density at radius 3 is 3.06 bits per heavy atom. The van der Waals surface area contributed by atoms with Crippen LogP contribution in [-0.2, 0) is 6.42 Å². The lowest BCUT2D eigenvalue weighted by molar-refractivity contribution is 0.745. The van der Waals surface area contributed by atoms with Crippen LogP contribution in [0.3, 0.4) is 0 Å². The summed E-state index contributed by atoms with van der Waals surface area (Å²) in [5.41, 5.74) is 10.6. The number of aryl methyl sites for hydroxylation is 1. The molecule has 0 aliphatic carbocycles. The summed E-state index contributed by atoms with van der Waals surface area (Å²) >= 11 is 1.49. The summed E-state index contributed by atoms with van der Waals surface area (Å²) in [5, 5.41) is 2.65. The van der Waals surface area contributed by atoms with E-state index in [0.29, 0.717) is 5.13 Å². The van der Waals surface area contributed by atoms with Crippen molar-refractivity contribution in [3.8, 4) is 11.3 Å². The number of aromatic nitrogens is 1. The average molecular weight is 245 g/mol. The van der Waals surface area contributed by atoms with Crippen molar-refractivity contribution in [2.75, 3.05) is 24.2 Å². The zero-order chi connectivity index (χ0) is 11.8. The fourth-order valence-corrected chi connectivity index (χ4v) is 2.94. The van der Waals surface area contributed by atoms with Gasteiger partial charge in [0, 0.05) is 30.2 Å². The minimum absolute atomic E-state index is 0.634. The Balaban J connectivity index is 2.03. The van der Waals surface area contributed by atoms with Crippen LogP contribution in [0.4, 0.5) is 10.8 Å². The summed E-state index contributed by atoms with van der Waals surface area (Å²) in [5.74, 6) is 0. The molecule has 4 heteroatoms. The van der Waals surface area contributed by atoms with Gasteiger partial charge in [0.15, 0.2) is 5.13 Å². The second kappa shape index (κ2) is 4.04. The fraction of sp³-hybridized carbons (Fsp3) is 0.308. The molecule has 3 rings (SSSR count). The molecule has 1 aliphatic rings. The number of nitrogens with two attached hydrogens (primary N) is 1. The van der Waals surface area contributed by atoms with Crippen LogP contribution >= 0.6 is 11.3 Å². The van der Waals surface area contributed by atoms with E-state index in [9.17, 15) is 0 Å². The van der Waals surface area contributed by atoms with Crippen LogP contribution in [0.2, 0.25) is 0 Å². The third-order valence-electron chi connectivity index (χ3n) is 3.25. The molecule has 0 fully saturated rings. The van der Waals surface area contributed by atoms with Gasteiger partial charge < -0.3 is 10.6 Å². The molecule has 0 spiro atoms. The van der Waals surface area contributed by atoms with Gasteiger partial charge in [-0.15, -0.1) is 11.3 Å². The molecule has 0 saturated heterocycles. The first-order valence-electron chi connectivity index (χ1n) is 5.79. The molecule has 0 amide bonds. The van der Waals surface area contributed by atoms with Crippen LogP contribution in [-0.4, -0.2) is 18.6 Å². The molecule has 2 aromatic rings. The number of anilines is 2. The van der Waals surface area contributed by atoms with E-state index in [-0.39, 0.29) is 0 Å². The highest BCUT2D eigenvalue weighted by molar-refractivity contribution is 7.13. The first-order chi connectivity index (χ1) is 8.24. The van der Waals surface area contributed by atoms with E-state index in [1.807, 2.05) is 5.38 Å². The molecule has 3 nitrogen and oxygen atoms in total. The fourth-order valence-electron chi connectivity index (χ4n) is 2.36.